The van der Waals surface area contributed by atoms with Crippen molar-refractivity contribution in [3.8, 4) is 0 Å². The molecule has 2 rings (SSSR count). The van der Waals surface area contributed by atoms with Crippen molar-refractivity contribution in [1.29, 1.82) is 0 Å². The number of hydrogen-bond donors (Lipinski definition) is 1. The molecule has 0 amide bonds. The Kier molecular flexibility index (Phi) is 4.45. The van der Waals surface area contributed by atoms with Crippen molar-refractivity contribution >= 4 is 0 Å². The number of piperazine rings is 1. The Morgan fingerprint density at radius 2 is 2.00 bits per heavy atom. The van der Waals surface area contributed by atoms with Gasteiger partial charge in [0.15, 0.2) is 0 Å². The quantitative estimate of drug-likeness (QED) is 0.768. The standard InChI is InChI=1S/C13H26N2/c1-12-11-14-8-10-15(12)9-7-13-5-3-2-4-6-13/h12-14H,2-11H2,1H3/t12-/m1/s1. The predicted molar refractivity (Wildman–Crippen MR) is 65.1 cm³/mol. The molecule has 2 aliphatic rings. The van der Waals surface area contributed by atoms with Crippen LogP contribution < -0.4 is 5.32 Å². The van der Waals surface area contributed by atoms with Gasteiger partial charge in [-0.25, -0.2) is 0 Å². The number of rotatable bonds is 3. The van der Waals surface area contributed by atoms with Crippen LogP contribution in [0.25, 0.3) is 0 Å². The third kappa shape index (κ3) is 3.46. The van der Waals surface area contributed by atoms with Gasteiger partial charge in [0.2, 0.25) is 0 Å². The highest BCUT2D eigenvalue weighted by Crippen LogP contribution is 2.26. The Morgan fingerprint density at radius 1 is 1.20 bits per heavy atom. The van der Waals surface area contributed by atoms with Crippen LogP contribution in [0.3, 0.4) is 0 Å². The zero-order valence-electron chi connectivity index (χ0n) is 10.2. The Balaban J connectivity index is 1.67. The molecule has 2 heteroatoms. The fraction of sp³-hybridized carbons (Fsp3) is 1.00. The van der Waals surface area contributed by atoms with E-state index in [1.807, 2.05) is 0 Å². The highest BCUT2D eigenvalue weighted by Gasteiger charge is 2.19. The van der Waals surface area contributed by atoms with Crippen molar-refractivity contribution in [2.24, 2.45) is 5.92 Å². The first kappa shape index (κ1) is 11.4. The van der Waals surface area contributed by atoms with Crippen LogP contribution in [0.15, 0.2) is 0 Å². The zero-order valence-corrected chi connectivity index (χ0v) is 10.2. The van der Waals surface area contributed by atoms with E-state index in [1.165, 1.54) is 64.7 Å². The minimum absolute atomic E-state index is 0.752. The van der Waals surface area contributed by atoms with Crippen LogP contribution in [-0.2, 0) is 0 Å². The van der Waals surface area contributed by atoms with Gasteiger partial charge in [-0.15, -0.1) is 0 Å². The van der Waals surface area contributed by atoms with Crippen molar-refractivity contribution < 1.29 is 0 Å². The molecule has 1 N–H and O–H groups in total. The van der Waals surface area contributed by atoms with Gasteiger partial charge in [-0.05, 0) is 25.8 Å². The SMILES string of the molecule is C[C@@H]1CNCCN1CCC1CCCCC1. The molecule has 0 aromatic rings. The lowest BCUT2D eigenvalue weighted by Crippen LogP contribution is -2.50. The van der Waals surface area contributed by atoms with E-state index in [-0.39, 0.29) is 0 Å². The molecule has 1 saturated heterocycles. The number of nitrogens with one attached hydrogen (secondary N) is 1. The average Bonchev–Trinajstić information content (AvgIpc) is 2.29. The van der Waals surface area contributed by atoms with Crippen LogP contribution in [0.1, 0.15) is 45.4 Å². The maximum Gasteiger partial charge on any atom is 0.0192 e. The van der Waals surface area contributed by atoms with Crippen LogP contribution in [0.4, 0.5) is 0 Å². The van der Waals surface area contributed by atoms with Crippen molar-refractivity contribution in [2.75, 3.05) is 26.2 Å². The summed E-state index contributed by atoms with van der Waals surface area (Å²) in [4.78, 5) is 2.67. The summed E-state index contributed by atoms with van der Waals surface area (Å²) in [6.07, 6.45) is 8.91. The predicted octanol–water partition coefficient (Wildman–Crippen LogP) is 2.25. The molecular formula is C13H26N2. The molecule has 0 bridgehead atoms. The maximum absolute atomic E-state index is 3.46. The fourth-order valence-electron chi connectivity index (χ4n) is 3.04. The Hall–Kier alpha value is -0.0800. The van der Waals surface area contributed by atoms with Gasteiger partial charge in [0.05, 0.1) is 0 Å². The first-order chi connectivity index (χ1) is 7.36. The van der Waals surface area contributed by atoms with E-state index in [2.05, 4.69) is 17.1 Å². The van der Waals surface area contributed by atoms with E-state index in [1.54, 1.807) is 0 Å². The molecule has 0 aromatic carbocycles. The molecule has 0 radical (unpaired) electrons. The van der Waals surface area contributed by atoms with E-state index < -0.39 is 0 Å². The summed E-state index contributed by atoms with van der Waals surface area (Å²) in [5, 5.41) is 3.46. The van der Waals surface area contributed by atoms with Gasteiger partial charge in [-0.3, -0.25) is 4.90 Å². The molecule has 2 nitrogen and oxygen atoms in total. The molecule has 1 aliphatic heterocycles. The molecule has 1 saturated carbocycles. The van der Waals surface area contributed by atoms with Crippen LogP contribution in [0.2, 0.25) is 0 Å². The average molecular weight is 210 g/mol. The minimum Gasteiger partial charge on any atom is -0.314 e. The lowest BCUT2D eigenvalue weighted by Gasteiger charge is -2.35. The molecular weight excluding hydrogens is 184 g/mol. The van der Waals surface area contributed by atoms with E-state index >= 15 is 0 Å². The Morgan fingerprint density at radius 3 is 2.73 bits per heavy atom. The normalized spacial score (nSPS) is 30.6. The van der Waals surface area contributed by atoms with E-state index in [9.17, 15) is 0 Å². The summed E-state index contributed by atoms with van der Waals surface area (Å²) in [7, 11) is 0. The Bertz CT molecular complexity index is 175. The largest absolute Gasteiger partial charge is 0.314 e. The monoisotopic (exact) mass is 210 g/mol. The Labute approximate surface area is 94.4 Å². The molecule has 1 heterocycles. The first-order valence-electron chi connectivity index (χ1n) is 6.81. The van der Waals surface area contributed by atoms with Crippen LogP contribution in [0, 0.1) is 5.92 Å². The van der Waals surface area contributed by atoms with Gasteiger partial charge in [0.25, 0.3) is 0 Å². The summed E-state index contributed by atoms with van der Waals surface area (Å²) in [5.41, 5.74) is 0. The first-order valence-corrected chi connectivity index (χ1v) is 6.81. The highest BCUT2D eigenvalue weighted by molar-refractivity contribution is 4.77. The third-order valence-electron chi connectivity index (χ3n) is 4.19. The molecule has 15 heavy (non-hydrogen) atoms. The van der Waals surface area contributed by atoms with Gasteiger partial charge in [0.1, 0.15) is 0 Å². The molecule has 2 fully saturated rings. The molecule has 0 aromatic heterocycles. The molecule has 0 spiro atoms. The van der Waals surface area contributed by atoms with Gasteiger partial charge in [0, 0.05) is 25.7 Å². The highest BCUT2D eigenvalue weighted by atomic mass is 15.2. The van der Waals surface area contributed by atoms with Crippen LogP contribution >= 0.6 is 0 Å². The van der Waals surface area contributed by atoms with Crippen molar-refractivity contribution in [3.05, 3.63) is 0 Å². The van der Waals surface area contributed by atoms with Crippen molar-refractivity contribution in [1.82, 2.24) is 10.2 Å². The second kappa shape index (κ2) is 5.86. The third-order valence-corrected chi connectivity index (χ3v) is 4.19. The van der Waals surface area contributed by atoms with E-state index in [0.29, 0.717) is 0 Å². The number of nitrogens with zero attached hydrogens (tertiary/aromatic N) is 1. The minimum atomic E-state index is 0.752. The summed E-state index contributed by atoms with van der Waals surface area (Å²) in [6, 6.07) is 0.752. The van der Waals surface area contributed by atoms with Crippen molar-refractivity contribution in [3.63, 3.8) is 0 Å². The molecule has 1 atom stereocenters. The lowest BCUT2D eigenvalue weighted by molar-refractivity contribution is 0.156. The smallest absolute Gasteiger partial charge is 0.0192 e. The van der Waals surface area contributed by atoms with E-state index in [4.69, 9.17) is 0 Å². The fourth-order valence-corrected chi connectivity index (χ4v) is 3.04. The lowest BCUT2D eigenvalue weighted by atomic mass is 9.87. The zero-order chi connectivity index (χ0) is 10.5. The van der Waals surface area contributed by atoms with E-state index in [0.717, 1.165) is 12.0 Å². The summed E-state index contributed by atoms with van der Waals surface area (Å²) in [6.45, 7) is 7.33. The van der Waals surface area contributed by atoms with Gasteiger partial charge < -0.3 is 5.32 Å². The van der Waals surface area contributed by atoms with Gasteiger partial charge in [-0.1, -0.05) is 32.1 Å². The second-order valence-electron chi connectivity index (χ2n) is 5.38. The number of hydrogen-bond acceptors (Lipinski definition) is 2. The van der Waals surface area contributed by atoms with Crippen LogP contribution in [0.5, 0.6) is 0 Å². The molecule has 1 aliphatic carbocycles. The molecule has 0 unspecified atom stereocenters. The second-order valence-corrected chi connectivity index (χ2v) is 5.38. The van der Waals surface area contributed by atoms with Crippen molar-refractivity contribution in [2.45, 2.75) is 51.5 Å². The topological polar surface area (TPSA) is 15.3 Å². The van der Waals surface area contributed by atoms with Gasteiger partial charge >= 0.3 is 0 Å². The van der Waals surface area contributed by atoms with Crippen LogP contribution in [-0.4, -0.2) is 37.1 Å². The molecule has 88 valence electrons. The van der Waals surface area contributed by atoms with Gasteiger partial charge in [-0.2, -0.15) is 0 Å². The summed E-state index contributed by atoms with van der Waals surface area (Å²) in [5.74, 6) is 1.04. The maximum atomic E-state index is 3.46. The summed E-state index contributed by atoms with van der Waals surface area (Å²) < 4.78 is 0. The summed E-state index contributed by atoms with van der Waals surface area (Å²) >= 11 is 0.